The number of rotatable bonds is 6. The first-order chi connectivity index (χ1) is 14.5. The summed E-state index contributed by atoms with van der Waals surface area (Å²) in [6, 6.07) is 4.01. The van der Waals surface area contributed by atoms with Gasteiger partial charge in [-0.1, -0.05) is 13.0 Å². The van der Waals surface area contributed by atoms with Gasteiger partial charge in [0.2, 0.25) is 11.9 Å². The molecule has 1 aromatic rings. The van der Waals surface area contributed by atoms with Gasteiger partial charge < -0.3 is 24.4 Å². The molecule has 0 aliphatic carbocycles. The van der Waals surface area contributed by atoms with Crippen LogP contribution in [0, 0.1) is 5.92 Å². The van der Waals surface area contributed by atoms with Crippen LogP contribution in [0.5, 0.6) is 11.5 Å². The second-order valence-electron chi connectivity index (χ2n) is 7.20. The number of nitrogens with one attached hydrogen (secondary N) is 1. The number of carbonyl (C=O) groups is 2. The Balaban J connectivity index is 1.95. The number of nitrogens with zero attached hydrogens (tertiary/aromatic N) is 3. The lowest BCUT2D eigenvalue weighted by atomic mass is 9.91. The van der Waals surface area contributed by atoms with Crippen LogP contribution >= 0.6 is 0 Å². The van der Waals surface area contributed by atoms with Gasteiger partial charge in [-0.05, 0) is 38.1 Å². The van der Waals surface area contributed by atoms with E-state index < -0.39 is 23.8 Å². The Morgan fingerprint density at radius 2 is 1.93 bits per heavy atom. The Hall–Kier alpha value is -2.81. The van der Waals surface area contributed by atoms with Gasteiger partial charge in [0.15, 0.2) is 17.4 Å². The summed E-state index contributed by atoms with van der Waals surface area (Å²) in [5.41, 5.74) is 0.605. The van der Waals surface area contributed by atoms with Gasteiger partial charge in [0.25, 0.3) is 0 Å². The van der Waals surface area contributed by atoms with Crippen LogP contribution in [0.2, 0.25) is 0 Å². The lowest BCUT2D eigenvalue weighted by Gasteiger charge is -2.38. The number of ether oxygens (including phenoxy) is 2. The molecule has 0 bridgehead atoms. The summed E-state index contributed by atoms with van der Waals surface area (Å²) in [5, 5.41) is 12.8. The summed E-state index contributed by atoms with van der Waals surface area (Å²) in [5.74, 6) is -1.42. The molecule has 2 aliphatic rings. The van der Waals surface area contributed by atoms with Crippen LogP contribution in [0.15, 0.2) is 23.2 Å². The van der Waals surface area contributed by atoms with Crippen molar-refractivity contribution in [2.45, 2.75) is 26.8 Å². The van der Waals surface area contributed by atoms with E-state index in [4.69, 9.17) is 14.5 Å². The summed E-state index contributed by atoms with van der Waals surface area (Å²) in [4.78, 5) is 34.6. The molecular formula is C21H30N4O5. The van der Waals surface area contributed by atoms with E-state index in [0.29, 0.717) is 18.1 Å². The molecule has 30 heavy (non-hydrogen) atoms. The number of hydrogen-bond donors (Lipinski definition) is 2. The monoisotopic (exact) mass is 418 g/mol. The molecule has 0 radical (unpaired) electrons. The highest BCUT2D eigenvalue weighted by atomic mass is 16.5. The largest absolute Gasteiger partial charge is 0.504 e. The third-order valence-corrected chi connectivity index (χ3v) is 5.38. The van der Waals surface area contributed by atoms with Crippen molar-refractivity contribution >= 4 is 17.8 Å². The molecule has 0 aromatic heterocycles. The maximum absolute atomic E-state index is 12.9. The molecule has 9 heteroatoms. The van der Waals surface area contributed by atoms with E-state index in [9.17, 15) is 14.7 Å². The molecule has 3 rings (SSSR count). The zero-order valence-corrected chi connectivity index (χ0v) is 17.8. The van der Waals surface area contributed by atoms with Gasteiger partial charge in [0.1, 0.15) is 6.04 Å². The minimum atomic E-state index is -1.11. The van der Waals surface area contributed by atoms with Crippen LogP contribution in [0.1, 0.15) is 32.4 Å². The van der Waals surface area contributed by atoms with E-state index >= 15 is 0 Å². The van der Waals surface area contributed by atoms with Crippen molar-refractivity contribution in [3.63, 3.8) is 0 Å². The Labute approximate surface area is 176 Å². The predicted octanol–water partition coefficient (Wildman–Crippen LogP) is 1.13. The van der Waals surface area contributed by atoms with Crippen molar-refractivity contribution in [2.24, 2.45) is 10.9 Å². The van der Waals surface area contributed by atoms with E-state index in [1.807, 2.05) is 11.8 Å². The Kier molecular flexibility index (Phi) is 7.15. The standard InChI is InChI=1S/C21H30N4O5/c1-4-24-9-11-25(12-10-24)21-22-18(17(19(27)23-21)20(28)30-6-3)14-7-8-15(26)16(13-14)29-5-2/h7-8,13,17-18,26H,4-6,9-12H2,1-3H3,(H,22,23,27)/t17-,18-/m1/s1. The molecule has 0 saturated carbocycles. The quantitative estimate of drug-likeness (QED) is 0.527. The lowest BCUT2D eigenvalue weighted by molar-refractivity contribution is -0.153. The van der Waals surface area contributed by atoms with Crippen molar-refractivity contribution in [3.05, 3.63) is 23.8 Å². The second-order valence-corrected chi connectivity index (χ2v) is 7.20. The molecule has 2 heterocycles. The third kappa shape index (κ3) is 4.67. The van der Waals surface area contributed by atoms with Crippen LogP contribution in [0.4, 0.5) is 0 Å². The summed E-state index contributed by atoms with van der Waals surface area (Å²) >= 11 is 0. The van der Waals surface area contributed by atoms with Gasteiger partial charge in [-0.15, -0.1) is 0 Å². The maximum atomic E-state index is 12.9. The highest BCUT2D eigenvalue weighted by Crippen LogP contribution is 2.36. The first-order valence-electron chi connectivity index (χ1n) is 10.5. The summed E-state index contributed by atoms with van der Waals surface area (Å²) in [6.07, 6.45) is 0. The highest BCUT2D eigenvalue weighted by Gasteiger charge is 2.42. The molecule has 0 spiro atoms. The lowest BCUT2D eigenvalue weighted by Crippen LogP contribution is -2.57. The minimum Gasteiger partial charge on any atom is -0.504 e. The number of aromatic hydroxyl groups is 1. The van der Waals surface area contributed by atoms with Crippen LogP contribution in [0.25, 0.3) is 0 Å². The molecule has 2 aliphatic heterocycles. The van der Waals surface area contributed by atoms with Crippen LogP contribution in [-0.4, -0.2) is 78.7 Å². The molecule has 1 fully saturated rings. The molecule has 164 valence electrons. The Morgan fingerprint density at radius 1 is 1.20 bits per heavy atom. The molecule has 1 amide bonds. The number of piperazine rings is 1. The number of hydrogen-bond acceptors (Lipinski definition) is 8. The Morgan fingerprint density at radius 3 is 2.57 bits per heavy atom. The fourth-order valence-corrected chi connectivity index (χ4v) is 3.73. The van der Waals surface area contributed by atoms with Gasteiger partial charge in [-0.2, -0.15) is 0 Å². The van der Waals surface area contributed by atoms with Crippen molar-refractivity contribution in [1.29, 1.82) is 0 Å². The van der Waals surface area contributed by atoms with E-state index in [-0.39, 0.29) is 18.1 Å². The fourth-order valence-electron chi connectivity index (χ4n) is 3.73. The van der Waals surface area contributed by atoms with E-state index in [1.165, 1.54) is 6.07 Å². The van der Waals surface area contributed by atoms with Crippen molar-refractivity contribution in [1.82, 2.24) is 15.1 Å². The van der Waals surface area contributed by atoms with E-state index in [2.05, 4.69) is 17.1 Å². The zero-order valence-electron chi connectivity index (χ0n) is 17.8. The number of guanidine groups is 1. The second kappa shape index (κ2) is 9.80. The van der Waals surface area contributed by atoms with E-state index in [1.54, 1.807) is 19.1 Å². The highest BCUT2D eigenvalue weighted by molar-refractivity contribution is 6.08. The minimum absolute atomic E-state index is 0.00608. The number of likely N-dealkylation sites (N-methyl/N-ethyl adjacent to an activating group) is 1. The molecule has 1 aromatic carbocycles. The molecule has 9 nitrogen and oxygen atoms in total. The van der Waals surface area contributed by atoms with Crippen LogP contribution < -0.4 is 10.1 Å². The maximum Gasteiger partial charge on any atom is 0.321 e. The normalized spacial score (nSPS) is 22.3. The number of benzene rings is 1. The van der Waals surface area contributed by atoms with Gasteiger partial charge in [0.05, 0.1) is 13.2 Å². The number of amides is 1. The first kappa shape index (κ1) is 21.9. The number of phenols is 1. The van der Waals surface area contributed by atoms with Gasteiger partial charge in [-0.25, -0.2) is 4.99 Å². The molecule has 0 unspecified atom stereocenters. The van der Waals surface area contributed by atoms with Crippen molar-refractivity contribution in [3.8, 4) is 11.5 Å². The predicted molar refractivity (Wildman–Crippen MR) is 111 cm³/mol. The topological polar surface area (TPSA) is 104 Å². The summed E-state index contributed by atoms with van der Waals surface area (Å²) in [7, 11) is 0. The van der Waals surface area contributed by atoms with Gasteiger partial charge in [0, 0.05) is 26.2 Å². The van der Waals surface area contributed by atoms with Crippen molar-refractivity contribution in [2.75, 3.05) is 45.9 Å². The smallest absolute Gasteiger partial charge is 0.321 e. The van der Waals surface area contributed by atoms with Gasteiger partial charge in [-0.3, -0.25) is 14.9 Å². The number of phenolic OH excluding ortho intramolecular Hbond substituents is 1. The number of esters is 1. The first-order valence-corrected chi connectivity index (χ1v) is 10.5. The van der Waals surface area contributed by atoms with Crippen molar-refractivity contribution < 1.29 is 24.2 Å². The fraction of sp³-hybridized carbons (Fsp3) is 0.571. The molecule has 2 atom stereocenters. The summed E-state index contributed by atoms with van der Waals surface area (Å²) in [6.45, 7) is 10.4. The van der Waals surface area contributed by atoms with Gasteiger partial charge >= 0.3 is 5.97 Å². The molecular weight excluding hydrogens is 388 g/mol. The third-order valence-electron chi connectivity index (χ3n) is 5.38. The number of carbonyl (C=O) groups excluding carboxylic acids is 2. The van der Waals surface area contributed by atoms with Crippen LogP contribution in [-0.2, 0) is 14.3 Å². The summed E-state index contributed by atoms with van der Waals surface area (Å²) < 4.78 is 10.6. The van der Waals surface area contributed by atoms with E-state index in [0.717, 1.165) is 32.7 Å². The zero-order chi connectivity index (χ0) is 21.7. The average molecular weight is 418 g/mol. The molecule has 1 saturated heterocycles. The average Bonchev–Trinajstić information content (AvgIpc) is 2.75. The number of aliphatic imine (C=N–C) groups is 1. The Bertz CT molecular complexity index is 805. The SMILES string of the molecule is CCOC(=O)[C@H]1C(=O)NC(N2CCN(CC)CC2)=N[C@@H]1c1ccc(O)c(OCC)c1. The van der Waals surface area contributed by atoms with Crippen LogP contribution in [0.3, 0.4) is 0 Å². The molecule has 2 N–H and O–H groups in total.